The van der Waals surface area contributed by atoms with Crippen LogP contribution in [-0.2, 0) is 6.54 Å². The maximum absolute atomic E-state index is 5.87. The first-order valence-electron chi connectivity index (χ1n) is 5.99. The third-order valence-electron chi connectivity index (χ3n) is 2.55. The molecule has 2 nitrogen and oxygen atoms in total. The number of nitrogens with one attached hydrogen (secondary N) is 1. The minimum absolute atomic E-state index is 0.640. The lowest BCUT2D eigenvalue weighted by Crippen LogP contribution is -2.20. The molecule has 1 N–H and O–H groups in total. The number of rotatable bonds is 6. The van der Waals surface area contributed by atoms with E-state index in [2.05, 4.69) is 34.2 Å². The minimum Gasteiger partial charge on any atom is -0.491 e. The van der Waals surface area contributed by atoms with E-state index in [1.165, 1.54) is 10.4 Å². The van der Waals surface area contributed by atoms with E-state index in [-0.39, 0.29) is 0 Å². The van der Waals surface area contributed by atoms with Gasteiger partial charge in [-0.1, -0.05) is 17.7 Å². The van der Waals surface area contributed by atoms with E-state index in [4.69, 9.17) is 16.3 Å². The van der Waals surface area contributed by atoms with Crippen molar-refractivity contribution in [2.45, 2.75) is 13.5 Å². The summed E-state index contributed by atoms with van der Waals surface area (Å²) < 4.78 is 7.53. The quantitative estimate of drug-likeness (QED) is 0.758. The average Bonchev–Trinajstić information content (AvgIpc) is 2.77. The van der Waals surface area contributed by atoms with Gasteiger partial charge in [-0.15, -0.1) is 11.3 Å². The van der Waals surface area contributed by atoms with Crippen molar-refractivity contribution in [1.29, 1.82) is 0 Å². The molecule has 0 saturated carbocycles. The van der Waals surface area contributed by atoms with Crippen molar-refractivity contribution in [1.82, 2.24) is 5.32 Å². The second kappa shape index (κ2) is 7.29. The Morgan fingerprint density at radius 1 is 1.32 bits per heavy atom. The van der Waals surface area contributed by atoms with Crippen molar-refractivity contribution in [3.63, 3.8) is 0 Å². The molecule has 0 unspecified atom stereocenters. The lowest BCUT2D eigenvalue weighted by atomic mass is 10.2. The molecule has 5 heteroatoms. The number of ether oxygens (including phenoxy) is 1. The average molecular weight is 361 g/mol. The van der Waals surface area contributed by atoms with Crippen LogP contribution in [0.15, 0.2) is 34.8 Å². The van der Waals surface area contributed by atoms with E-state index in [0.29, 0.717) is 6.61 Å². The monoisotopic (exact) mass is 359 g/mol. The van der Waals surface area contributed by atoms with Crippen LogP contribution in [0.3, 0.4) is 0 Å². The third-order valence-corrected chi connectivity index (χ3v) is 4.40. The number of benzene rings is 1. The molecular formula is C14H15BrClNOS. The standard InChI is InChI=1S/C14H15BrClNOS/c1-10-2-4-13(12(15)8-10)18-7-6-17-9-11-3-5-14(16)19-11/h2-5,8,17H,6-7,9H2,1H3. The molecule has 0 fully saturated rings. The van der Waals surface area contributed by atoms with Crippen molar-refractivity contribution in [3.05, 3.63) is 49.6 Å². The Labute approximate surface area is 130 Å². The molecule has 2 rings (SSSR count). The number of aryl methyl sites for hydroxylation is 1. The van der Waals surface area contributed by atoms with E-state index >= 15 is 0 Å². The van der Waals surface area contributed by atoms with Gasteiger partial charge in [-0.05, 0) is 52.7 Å². The molecule has 1 aromatic heterocycles. The van der Waals surface area contributed by atoms with E-state index in [9.17, 15) is 0 Å². The van der Waals surface area contributed by atoms with Crippen LogP contribution in [0.25, 0.3) is 0 Å². The summed E-state index contributed by atoms with van der Waals surface area (Å²) in [7, 11) is 0. The van der Waals surface area contributed by atoms with Crippen LogP contribution in [0, 0.1) is 6.92 Å². The summed E-state index contributed by atoms with van der Waals surface area (Å²) in [5, 5.41) is 3.33. The summed E-state index contributed by atoms with van der Waals surface area (Å²) in [6.45, 7) is 4.33. The first-order chi connectivity index (χ1) is 9.15. The van der Waals surface area contributed by atoms with Gasteiger partial charge >= 0.3 is 0 Å². The predicted octanol–water partition coefficient (Wildman–Crippen LogP) is 4.64. The molecule has 0 spiro atoms. The molecule has 2 aromatic rings. The summed E-state index contributed by atoms with van der Waals surface area (Å²) in [5.41, 5.74) is 1.21. The van der Waals surface area contributed by atoms with Crippen LogP contribution in [0.5, 0.6) is 5.75 Å². The Kier molecular flexibility index (Phi) is 5.70. The van der Waals surface area contributed by atoms with E-state index in [1.807, 2.05) is 24.3 Å². The van der Waals surface area contributed by atoms with Crippen LogP contribution in [0.2, 0.25) is 4.34 Å². The summed E-state index contributed by atoms with van der Waals surface area (Å²) in [4.78, 5) is 1.24. The number of hydrogen-bond donors (Lipinski definition) is 1. The molecule has 0 amide bonds. The Bertz CT molecular complexity index is 544. The van der Waals surface area contributed by atoms with Gasteiger partial charge in [-0.2, -0.15) is 0 Å². The highest BCUT2D eigenvalue weighted by atomic mass is 79.9. The van der Waals surface area contributed by atoms with Gasteiger partial charge in [0.25, 0.3) is 0 Å². The van der Waals surface area contributed by atoms with Crippen molar-refractivity contribution >= 4 is 38.9 Å². The van der Waals surface area contributed by atoms with Crippen LogP contribution >= 0.6 is 38.9 Å². The van der Waals surface area contributed by atoms with Crippen LogP contribution in [-0.4, -0.2) is 13.2 Å². The second-order valence-electron chi connectivity index (χ2n) is 4.16. The molecule has 0 atom stereocenters. The molecule has 0 bridgehead atoms. The van der Waals surface area contributed by atoms with Crippen molar-refractivity contribution in [2.75, 3.05) is 13.2 Å². The predicted molar refractivity (Wildman–Crippen MR) is 85.4 cm³/mol. The summed E-state index contributed by atoms with van der Waals surface area (Å²) in [6.07, 6.45) is 0. The Hall–Kier alpha value is -0.550. The zero-order chi connectivity index (χ0) is 13.7. The normalized spacial score (nSPS) is 10.7. The Morgan fingerprint density at radius 3 is 2.84 bits per heavy atom. The minimum atomic E-state index is 0.640. The smallest absolute Gasteiger partial charge is 0.133 e. The van der Waals surface area contributed by atoms with Crippen LogP contribution < -0.4 is 10.1 Å². The Balaban J connectivity index is 1.69. The molecule has 0 aliphatic heterocycles. The molecular weight excluding hydrogens is 346 g/mol. The van der Waals surface area contributed by atoms with E-state index < -0.39 is 0 Å². The number of halogens is 2. The fourth-order valence-corrected chi connectivity index (χ4v) is 3.28. The molecule has 1 heterocycles. The SMILES string of the molecule is Cc1ccc(OCCNCc2ccc(Cl)s2)c(Br)c1. The van der Waals surface area contributed by atoms with Crippen molar-refractivity contribution in [3.8, 4) is 5.75 Å². The zero-order valence-corrected chi connectivity index (χ0v) is 13.7. The highest BCUT2D eigenvalue weighted by Crippen LogP contribution is 2.25. The second-order valence-corrected chi connectivity index (χ2v) is 6.82. The largest absolute Gasteiger partial charge is 0.491 e. The molecule has 102 valence electrons. The summed E-state index contributed by atoms with van der Waals surface area (Å²) in [5.74, 6) is 0.881. The first-order valence-corrected chi connectivity index (χ1v) is 7.98. The molecule has 0 saturated heterocycles. The summed E-state index contributed by atoms with van der Waals surface area (Å²) >= 11 is 11.0. The van der Waals surface area contributed by atoms with Crippen LogP contribution in [0.1, 0.15) is 10.4 Å². The third kappa shape index (κ3) is 4.80. The molecule has 0 aliphatic carbocycles. The van der Waals surface area contributed by atoms with E-state index in [1.54, 1.807) is 11.3 Å². The zero-order valence-electron chi connectivity index (χ0n) is 10.6. The lowest BCUT2D eigenvalue weighted by molar-refractivity contribution is 0.312. The van der Waals surface area contributed by atoms with Gasteiger partial charge in [0.05, 0.1) is 8.81 Å². The molecule has 19 heavy (non-hydrogen) atoms. The maximum Gasteiger partial charge on any atom is 0.133 e. The van der Waals surface area contributed by atoms with Gasteiger partial charge in [0, 0.05) is 18.0 Å². The highest BCUT2D eigenvalue weighted by molar-refractivity contribution is 9.10. The van der Waals surface area contributed by atoms with Gasteiger partial charge in [0.1, 0.15) is 12.4 Å². The van der Waals surface area contributed by atoms with Gasteiger partial charge in [-0.3, -0.25) is 0 Å². The first kappa shape index (κ1) is 14.9. The molecule has 1 aromatic carbocycles. The fraction of sp³-hybridized carbons (Fsp3) is 0.286. The topological polar surface area (TPSA) is 21.3 Å². The van der Waals surface area contributed by atoms with Crippen molar-refractivity contribution < 1.29 is 4.74 Å². The molecule has 0 aliphatic rings. The van der Waals surface area contributed by atoms with Gasteiger partial charge < -0.3 is 10.1 Å². The van der Waals surface area contributed by atoms with Gasteiger partial charge in [-0.25, -0.2) is 0 Å². The Morgan fingerprint density at radius 2 is 2.16 bits per heavy atom. The molecule has 0 radical (unpaired) electrons. The number of thiophene rings is 1. The number of hydrogen-bond acceptors (Lipinski definition) is 3. The summed E-state index contributed by atoms with van der Waals surface area (Å²) in [6, 6.07) is 10.0. The van der Waals surface area contributed by atoms with E-state index in [0.717, 1.165) is 27.6 Å². The highest BCUT2D eigenvalue weighted by Gasteiger charge is 2.01. The lowest BCUT2D eigenvalue weighted by Gasteiger charge is -2.09. The van der Waals surface area contributed by atoms with Gasteiger partial charge in [0.15, 0.2) is 0 Å². The fourth-order valence-electron chi connectivity index (χ4n) is 1.61. The van der Waals surface area contributed by atoms with Crippen LogP contribution in [0.4, 0.5) is 0 Å². The maximum atomic E-state index is 5.87. The van der Waals surface area contributed by atoms with Gasteiger partial charge in [0.2, 0.25) is 0 Å². The van der Waals surface area contributed by atoms with Crippen molar-refractivity contribution in [2.24, 2.45) is 0 Å².